The summed E-state index contributed by atoms with van der Waals surface area (Å²) in [5.41, 5.74) is 1.72. The maximum absolute atomic E-state index is 11.5. The Hall–Kier alpha value is -1.71. The Morgan fingerprint density at radius 2 is 2.13 bits per heavy atom. The monoisotopic (exact) mass is 207 g/mol. The van der Waals surface area contributed by atoms with Crippen molar-refractivity contribution < 1.29 is 14.6 Å². The average molecular weight is 207 g/mol. The quantitative estimate of drug-likeness (QED) is 0.755. The van der Waals surface area contributed by atoms with Gasteiger partial charge >= 0.3 is 0 Å². The van der Waals surface area contributed by atoms with Crippen molar-refractivity contribution in [2.45, 2.75) is 12.8 Å². The molecule has 1 aromatic rings. The van der Waals surface area contributed by atoms with Gasteiger partial charge in [0, 0.05) is 19.0 Å². The zero-order valence-electron chi connectivity index (χ0n) is 8.78. The predicted octanol–water partition coefficient (Wildman–Crippen LogP) is 1.31. The molecule has 0 fully saturated rings. The van der Waals surface area contributed by atoms with Gasteiger partial charge in [-0.2, -0.15) is 0 Å². The minimum atomic E-state index is 0.0928. The van der Waals surface area contributed by atoms with E-state index >= 15 is 0 Å². The van der Waals surface area contributed by atoms with Crippen LogP contribution in [-0.2, 0) is 11.2 Å². The van der Waals surface area contributed by atoms with Gasteiger partial charge in [-0.1, -0.05) is 0 Å². The first-order valence-corrected chi connectivity index (χ1v) is 4.80. The Labute approximate surface area is 88.1 Å². The number of benzene rings is 1. The fourth-order valence-corrected chi connectivity index (χ4v) is 1.92. The van der Waals surface area contributed by atoms with E-state index < -0.39 is 0 Å². The molecule has 1 aromatic carbocycles. The van der Waals surface area contributed by atoms with Crippen LogP contribution >= 0.6 is 0 Å². The highest BCUT2D eigenvalue weighted by Gasteiger charge is 2.24. The standard InChI is InChI=1S/C11H13NO3/c1-12-8-4-5-9(13)11(15-2)7(8)3-6-10(12)14/h4-5,13H,3,6H2,1-2H3. The summed E-state index contributed by atoms with van der Waals surface area (Å²) in [5, 5.41) is 9.59. The first-order valence-electron chi connectivity index (χ1n) is 4.80. The van der Waals surface area contributed by atoms with Crippen molar-refractivity contribution in [3.63, 3.8) is 0 Å². The van der Waals surface area contributed by atoms with Gasteiger partial charge in [0.15, 0.2) is 11.5 Å². The third-order valence-corrected chi connectivity index (χ3v) is 2.74. The van der Waals surface area contributed by atoms with Crippen molar-refractivity contribution >= 4 is 11.6 Å². The molecule has 15 heavy (non-hydrogen) atoms. The first-order chi connectivity index (χ1) is 7.15. The molecule has 0 aliphatic carbocycles. The zero-order valence-corrected chi connectivity index (χ0v) is 8.78. The smallest absolute Gasteiger partial charge is 0.227 e. The summed E-state index contributed by atoms with van der Waals surface area (Å²) in [5.74, 6) is 0.695. The first kappa shape index (κ1) is 9.83. The van der Waals surface area contributed by atoms with Crippen LogP contribution in [0.3, 0.4) is 0 Å². The summed E-state index contributed by atoms with van der Waals surface area (Å²) >= 11 is 0. The number of aromatic hydroxyl groups is 1. The predicted molar refractivity (Wildman–Crippen MR) is 56.4 cm³/mol. The van der Waals surface area contributed by atoms with E-state index in [1.165, 1.54) is 7.11 Å². The number of anilines is 1. The van der Waals surface area contributed by atoms with Gasteiger partial charge in [-0.05, 0) is 18.6 Å². The lowest BCUT2D eigenvalue weighted by atomic mass is 10.00. The molecule has 4 nitrogen and oxygen atoms in total. The summed E-state index contributed by atoms with van der Waals surface area (Å²) in [4.78, 5) is 13.1. The highest BCUT2D eigenvalue weighted by atomic mass is 16.5. The van der Waals surface area contributed by atoms with Gasteiger partial charge in [-0.3, -0.25) is 4.79 Å². The third-order valence-electron chi connectivity index (χ3n) is 2.74. The van der Waals surface area contributed by atoms with Gasteiger partial charge in [0.05, 0.1) is 12.8 Å². The molecule has 2 rings (SSSR count). The number of amides is 1. The lowest BCUT2D eigenvalue weighted by Gasteiger charge is -2.27. The van der Waals surface area contributed by atoms with E-state index in [4.69, 9.17) is 4.74 Å². The van der Waals surface area contributed by atoms with Gasteiger partial charge in [0.25, 0.3) is 0 Å². The van der Waals surface area contributed by atoms with Crippen LogP contribution in [0.2, 0.25) is 0 Å². The minimum absolute atomic E-state index is 0.0928. The summed E-state index contributed by atoms with van der Waals surface area (Å²) < 4.78 is 5.14. The number of phenols is 1. The fourth-order valence-electron chi connectivity index (χ4n) is 1.92. The molecule has 0 saturated heterocycles. The van der Waals surface area contributed by atoms with Gasteiger partial charge in [-0.15, -0.1) is 0 Å². The summed E-state index contributed by atoms with van der Waals surface area (Å²) in [7, 11) is 3.25. The number of methoxy groups -OCH3 is 1. The molecule has 1 aliphatic rings. The maximum atomic E-state index is 11.5. The van der Waals surface area contributed by atoms with Gasteiger partial charge in [0.1, 0.15) is 0 Å². The van der Waals surface area contributed by atoms with Crippen LogP contribution in [0.1, 0.15) is 12.0 Å². The second-order valence-corrected chi connectivity index (χ2v) is 3.57. The number of hydrogen-bond acceptors (Lipinski definition) is 3. The number of carbonyl (C=O) groups is 1. The minimum Gasteiger partial charge on any atom is -0.504 e. The summed E-state index contributed by atoms with van der Waals surface area (Å²) in [6.07, 6.45) is 1.08. The van der Waals surface area contributed by atoms with Crippen molar-refractivity contribution in [2.24, 2.45) is 0 Å². The molecule has 0 atom stereocenters. The molecule has 80 valence electrons. The molecule has 0 unspecified atom stereocenters. The number of ether oxygens (including phenoxy) is 1. The van der Waals surface area contributed by atoms with Crippen LogP contribution in [0, 0.1) is 0 Å². The summed E-state index contributed by atoms with van der Waals surface area (Å²) in [6, 6.07) is 3.29. The number of rotatable bonds is 1. The molecule has 4 heteroatoms. The molecule has 1 heterocycles. The Bertz CT molecular complexity index is 415. The van der Waals surface area contributed by atoms with Gasteiger partial charge < -0.3 is 14.7 Å². The third kappa shape index (κ3) is 1.42. The van der Waals surface area contributed by atoms with E-state index in [-0.39, 0.29) is 11.7 Å². The zero-order chi connectivity index (χ0) is 11.0. The molecule has 0 radical (unpaired) electrons. The highest BCUT2D eigenvalue weighted by Crippen LogP contribution is 2.39. The van der Waals surface area contributed by atoms with Crippen LogP contribution in [-0.4, -0.2) is 25.2 Å². The molecule has 0 saturated carbocycles. The Kier molecular flexibility index (Phi) is 2.26. The molecular formula is C11H13NO3. The van der Waals surface area contributed by atoms with Crippen LogP contribution < -0.4 is 9.64 Å². The Morgan fingerprint density at radius 1 is 1.40 bits per heavy atom. The Morgan fingerprint density at radius 3 is 2.80 bits per heavy atom. The molecule has 0 aromatic heterocycles. The number of carbonyl (C=O) groups excluding carboxylic acids is 1. The van der Waals surface area contributed by atoms with Gasteiger partial charge in [0.2, 0.25) is 5.91 Å². The van der Waals surface area contributed by atoms with E-state index in [0.717, 1.165) is 11.3 Å². The van der Waals surface area contributed by atoms with E-state index in [1.54, 1.807) is 24.1 Å². The molecule has 0 spiro atoms. The average Bonchev–Trinajstić information content (AvgIpc) is 2.23. The van der Waals surface area contributed by atoms with E-state index in [0.29, 0.717) is 18.6 Å². The van der Waals surface area contributed by atoms with Gasteiger partial charge in [-0.25, -0.2) is 0 Å². The van der Waals surface area contributed by atoms with Crippen LogP contribution in [0.25, 0.3) is 0 Å². The van der Waals surface area contributed by atoms with E-state index in [1.807, 2.05) is 0 Å². The topological polar surface area (TPSA) is 49.8 Å². The van der Waals surface area contributed by atoms with Crippen molar-refractivity contribution in [1.29, 1.82) is 0 Å². The molecular weight excluding hydrogens is 194 g/mol. The van der Waals surface area contributed by atoms with Crippen molar-refractivity contribution in [3.05, 3.63) is 17.7 Å². The number of phenolic OH excluding ortho intramolecular Hbond substituents is 1. The molecule has 0 bridgehead atoms. The number of nitrogens with zero attached hydrogens (tertiary/aromatic N) is 1. The normalized spacial score (nSPS) is 15.1. The van der Waals surface area contributed by atoms with E-state index in [9.17, 15) is 9.90 Å². The van der Waals surface area contributed by atoms with Crippen molar-refractivity contribution in [2.75, 3.05) is 19.1 Å². The Balaban J connectivity index is 2.58. The molecule has 1 N–H and O–H groups in total. The van der Waals surface area contributed by atoms with E-state index in [2.05, 4.69) is 0 Å². The van der Waals surface area contributed by atoms with Crippen LogP contribution in [0.15, 0.2) is 12.1 Å². The fraction of sp³-hybridized carbons (Fsp3) is 0.364. The van der Waals surface area contributed by atoms with Crippen molar-refractivity contribution in [1.82, 2.24) is 0 Å². The maximum Gasteiger partial charge on any atom is 0.227 e. The lowest BCUT2D eigenvalue weighted by Crippen LogP contribution is -2.31. The SMILES string of the molecule is COc1c(O)ccc2c1CCC(=O)N2C. The molecule has 1 amide bonds. The number of hydrogen-bond donors (Lipinski definition) is 1. The second-order valence-electron chi connectivity index (χ2n) is 3.57. The lowest BCUT2D eigenvalue weighted by molar-refractivity contribution is -0.118. The largest absolute Gasteiger partial charge is 0.504 e. The van der Waals surface area contributed by atoms with Crippen molar-refractivity contribution in [3.8, 4) is 11.5 Å². The number of fused-ring (bicyclic) bond motifs is 1. The molecule has 1 aliphatic heterocycles. The van der Waals surface area contributed by atoms with Crippen LogP contribution in [0.5, 0.6) is 11.5 Å². The summed E-state index contributed by atoms with van der Waals surface area (Å²) in [6.45, 7) is 0. The highest BCUT2D eigenvalue weighted by molar-refractivity contribution is 5.96. The second kappa shape index (κ2) is 3.46. The van der Waals surface area contributed by atoms with Crippen LogP contribution in [0.4, 0.5) is 5.69 Å².